The highest BCUT2D eigenvalue weighted by Crippen LogP contribution is 2.26. The summed E-state index contributed by atoms with van der Waals surface area (Å²) in [6.45, 7) is 2.98. The van der Waals surface area contributed by atoms with E-state index in [1.807, 2.05) is 40.1 Å². The zero-order valence-corrected chi connectivity index (χ0v) is 14.6. The summed E-state index contributed by atoms with van der Waals surface area (Å²) in [4.78, 5) is 29.2. The number of fused-ring (bicyclic) bond motifs is 1. The van der Waals surface area contributed by atoms with Crippen molar-refractivity contribution in [3.8, 4) is 0 Å². The van der Waals surface area contributed by atoms with Crippen molar-refractivity contribution in [2.24, 2.45) is 0 Å². The number of nitrogens with zero attached hydrogens (tertiary/aromatic N) is 6. The second-order valence-electron chi connectivity index (χ2n) is 6.79. The van der Waals surface area contributed by atoms with E-state index in [4.69, 9.17) is 0 Å². The molecule has 4 rings (SSSR count). The van der Waals surface area contributed by atoms with Crippen molar-refractivity contribution < 1.29 is 9.59 Å². The molecule has 0 radical (unpaired) electrons. The number of tetrazole rings is 1. The van der Waals surface area contributed by atoms with Gasteiger partial charge in [-0.2, -0.15) is 0 Å². The van der Waals surface area contributed by atoms with E-state index in [1.54, 1.807) is 4.68 Å². The molecule has 0 spiro atoms. The third-order valence-corrected chi connectivity index (χ3v) is 5.18. The van der Waals surface area contributed by atoms with Crippen LogP contribution in [0.15, 0.2) is 30.3 Å². The molecule has 1 atom stereocenters. The van der Waals surface area contributed by atoms with Crippen molar-refractivity contribution in [2.45, 2.75) is 31.7 Å². The lowest BCUT2D eigenvalue weighted by molar-refractivity contribution is -0.134. The predicted molar refractivity (Wildman–Crippen MR) is 93.3 cm³/mol. The predicted octanol–water partition coefficient (Wildman–Crippen LogP) is 0.925. The summed E-state index contributed by atoms with van der Waals surface area (Å²) in [5.41, 5.74) is 0.690. The molecule has 0 bridgehead atoms. The maximum atomic E-state index is 13.0. The van der Waals surface area contributed by atoms with Gasteiger partial charge in [-0.15, -0.1) is 5.10 Å². The Morgan fingerprint density at radius 2 is 1.65 bits per heavy atom. The number of hydrogen-bond donors (Lipinski definition) is 0. The normalized spacial score (nSPS) is 20.4. The Morgan fingerprint density at radius 1 is 0.923 bits per heavy atom. The topological polar surface area (TPSA) is 84.2 Å². The van der Waals surface area contributed by atoms with E-state index in [2.05, 4.69) is 15.5 Å². The number of amides is 2. The van der Waals surface area contributed by atoms with Gasteiger partial charge < -0.3 is 9.80 Å². The fraction of sp³-hybridized carbons (Fsp3) is 0.500. The highest BCUT2D eigenvalue weighted by Gasteiger charge is 2.33. The molecule has 0 saturated carbocycles. The van der Waals surface area contributed by atoms with Gasteiger partial charge >= 0.3 is 0 Å². The van der Waals surface area contributed by atoms with Crippen LogP contribution in [0.4, 0.5) is 0 Å². The van der Waals surface area contributed by atoms with Crippen molar-refractivity contribution in [1.29, 1.82) is 0 Å². The average Bonchev–Trinajstić information content (AvgIpc) is 3.07. The smallest absolute Gasteiger partial charge is 0.253 e. The highest BCUT2D eigenvalue weighted by molar-refractivity contribution is 5.94. The molecule has 1 aromatic heterocycles. The van der Waals surface area contributed by atoms with E-state index in [-0.39, 0.29) is 17.7 Å². The minimum atomic E-state index is -0.274. The first-order chi connectivity index (χ1) is 12.7. The molecule has 8 heteroatoms. The second kappa shape index (κ2) is 7.23. The largest absolute Gasteiger partial charge is 0.339 e. The lowest BCUT2D eigenvalue weighted by Crippen LogP contribution is -2.51. The Balaban J connectivity index is 1.41. The van der Waals surface area contributed by atoms with E-state index in [0.717, 1.165) is 25.8 Å². The summed E-state index contributed by atoms with van der Waals surface area (Å²) in [7, 11) is 0. The van der Waals surface area contributed by atoms with E-state index >= 15 is 0 Å². The zero-order valence-electron chi connectivity index (χ0n) is 14.6. The molecule has 1 aromatic carbocycles. The number of benzene rings is 1. The highest BCUT2D eigenvalue weighted by atomic mass is 16.2. The van der Waals surface area contributed by atoms with Gasteiger partial charge in [0, 0.05) is 38.3 Å². The van der Waals surface area contributed by atoms with Crippen LogP contribution in [-0.4, -0.2) is 68.0 Å². The van der Waals surface area contributed by atoms with Gasteiger partial charge in [0.1, 0.15) is 0 Å². The molecule has 26 heavy (non-hydrogen) atoms. The number of rotatable bonds is 2. The second-order valence-corrected chi connectivity index (χ2v) is 6.79. The van der Waals surface area contributed by atoms with E-state index in [0.29, 0.717) is 37.6 Å². The first kappa shape index (κ1) is 16.7. The molecule has 3 heterocycles. The molecule has 136 valence electrons. The fourth-order valence-corrected chi connectivity index (χ4v) is 3.71. The molecule has 1 fully saturated rings. The lowest BCUT2D eigenvalue weighted by Gasteiger charge is -2.36. The number of carbonyl (C=O) groups is 2. The summed E-state index contributed by atoms with van der Waals surface area (Å²) < 4.78 is 1.75. The molecular weight excluding hydrogens is 332 g/mol. The van der Waals surface area contributed by atoms with Crippen molar-refractivity contribution in [2.75, 3.05) is 26.2 Å². The first-order valence-electron chi connectivity index (χ1n) is 9.13. The Morgan fingerprint density at radius 3 is 2.42 bits per heavy atom. The number of hydrogen-bond acceptors (Lipinski definition) is 5. The molecule has 0 unspecified atom stereocenters. The minimum absolute atomic E-state index is 0.0242. The molecule has 2 aromatic rings. The number of aryl methyl sites for hydroxylation is 1. The van der Waals surface area contributed by atoms with Crippen molar-refractivity contribution >= 4 is 11.8 Å². The number of piperazine rings is 1. The van der Waals surface area contributed by atoms with Crippen molar-refractivity contribution in [3.05, 3.63) is 41.7 Å². The summed E-state index contributed by atoms with van der Waals surface area (Å²) in [6, 6.07) is 9.27. The summed E-state index contributed by atoms with van der Waals surface area (Å²) in [5.74, 6) is 0.505. The van der Waals surface area contributed by atoms with Crippen LogP contribution in [0.5, 0.6) is 0 Å². The fourth-order valence-electron chi connectivity index (χ4n) is 3.71. The summed E-state index contributed by atoms with van der Waals surface area (Å²) in [5, 5.41) is 11.8. The quantitative estimate of drug-likeness (QED) is 0.801. The van der Waals surface area contributed by atoms with Gasteiger partial charge in [0.05, 0.1) is 5.92 Å². The zero-order chi connectivity index (χ0) is 17.9. The Hall–Kier alpha value is -2.77. The lowest BCUT2D eigenvalue weighted by atomic mass is 10.0. The van der Waals surface area contributed by atoms with Crippen LogP contribution in [0.1, 0.15) is 41.4 Å². The molecular formula is C18H22N6O2. The van der Waals surface area contributed by atoms with Crippen LogP contribution in [-0.2, 0) is 11.3 Å². The Kier molecular flexibility index (Phi) is 4.64. The van der Waals surface area contributed by atoms with Crippen LogP contribution >= 0.6 is 0 Å². The molecule has 8 nitrogen and oxygen atoms in total. The van der Waals surface area contributed by atoms with Gasteiger partial charge in [0.2, 0.25) is 5.91 Å². The summed E-state index contributed by atoms with van der Waals surface area (Å²) >= 11 is 0. The maximum Gasteiger partial charge on any atom is 0.253 e. The van der Waals surface area contributed by atoms with Crippen molar-refractivity contribution in [3.63, 3.8) is 0 Å². The summed E-state index contributed by atoms with van der Waals surface area (Å²) in [6.07, 6.45) is 2.75. The first-order valence-corrected chi connectivity index (χ1v) is 9.13. The molecule has 2 aliphatic heterocycles. The Bertz CT molecular complexity index is 782. The van der Waals surface area contributed by atoms with Gasteiger partial charge in [-0.05, 0) is 35.4 Å². The number of carbonyl (C=O) groups excluding carboxylic acids is 2. The minimum Gasteiger partial charge on any atom is -0.339 e. The standard InChI is InChI=1S/C18H22N6O2/c25-17(14-6-2-1-3-7-14)22-10-12-23(13-11-22)18(26)15-8-4-5-9-24-16(15)19-20-21-24/h1-3,6-7,15H,4-5,8-13H2/t15-/m1/s1. The van der Waals surface area contributed by atoms with Gasteiger partial charge in [-0.25, -0.2) is 4.68 Å². The molecule has 0 N–H and O–H groups in total. The average molecular weight is 354 g/mol. The molecule has 2 amide bonds. The van der Waals surface area contributed by atoms with Gasteiger partial charge in [-0.1, -0.05) is 24.6 Å². The van der Waals surface area contributed by atoms with Gasteiger partial charge in [0.25, 0.3) is 5.91 Å². The third-order valence-electron chi connectivity index (χ3n) is 5.18. The van der Waals surface area contributed by atoms with Crippen LogP contribution in [0.25, 0.3) is 0 Å². The van der Waals surface area contributed by atoms with Crippen LogP contribution < -0.4 is 0 Å². The van der Waals surface area contributed by atoms with Crippen LogP contribution in [0, 0.1) is 0 Å². The SMILES string of the molecule is O=C(c1ccccc1)N1CCN(C(=O)[C@@H]2CCCCn3nnnc32)CC1. The number of aromatic nitrogens is 4. The van der Waals surface area contributed by atoms with Crippen LogP contribution in [0.3, 0.4) is 0 Å². The molecule has 2 aliphatic rings. The molecule has 1 saturated heterocycles. The maximum absolute atomic E-state index is 13.0. The third kappa shape index (κ3) is 3.18. The molecule has 0 aliphatic carbocycles. The van der Waals surface area contributed by atoms with Gasteiger partial charge in [-0.3, -0.25) is 9.59 Å². The van der Waals surface area contributed by atoms with Crippen molar-refractivity contribution in [1.82, 2.24) is 30.0 Å². The van der Waals surface area contributed by atoms with E-state index < -0.39 is 0 Å². The van der Waals surface area contributed by atoms with Gasteiger partial charge in [0.15, 0.2) is 5.82 Å². The van der Waals surface area contributed by atoms with E-state index in [1.165, 1.54) is 0 Å². The Labute approximate surface area is 151 Å². The monoisotopic (exact) mass is 354 g/mol. The van der Waals surface area contributed by atoms with Crippen LogP contribution in [0.2, 0.25) is 0 Å². The van der Waals surface area contributed by atoms with E-state index in [9.17, 15) is 9.59 Å².